The highest BCUT2D eigenvalue weighted by Crippen LogP contribution is 2.60. The fourth-order valence-electron chi connectivity index (χ4n) is 6.59. The van der Waals surface area contributed by atoms with E-state index in [4.69, 9.17) is 5.11 Å². The molecule has 4 rings (SSSR count). The van der Waals surface area contributed by atoms with E-state index in [-0.39, 0.29) is 0 Å². The molecule has 0 aromatic heterocycles. The molecule has 1 aromatic rings. The van der Waals surface area contributed by atoms with E-state index >= 15 is 0 Å². The second kappa shape index (κ2) is 7.52. The highest BCUT2D eigenvalue weighted by Gasteiger charge is 2.54. The van der Waals surface area contributed by atoms with Crippen molar-refractivity contribution in [3.05, 3.63) is 29.3 Å². The molecule has 1 aromatic carbocycles. The molecule has 26 heavy (non-hydrogen) atoms. The molecular formula is C23H35NO2. The van der Waals surface area contributed by atoms with Gasteiger partial charge in [-0.1, -0.05) is 13.0 Å². The van der Waals surface area contributed by atoms with Crippen LogP contribution < -0.4 is 5.32 Å². The van der Waals surface area contributed by atoms with E-state index in [1.54, 1.807) is 0 Å². The van der Waals surface area contributed by atoms with E-state index in [2.05, 4.69) is 18.3 Å². The minimum atomic E-state index is 0.325. The average Bonchev–Trinajstić information content (AvgIpc) is 2.97. The van der Waals surface area contributed by atoms with Gasteiger partial charge in [0.15, 0.2) is 0 Å². The van der Waals surface area contributed by atoms with Gasteiger partial charge in [0, 0.05) is 12.6 Å². The second-order valence-electron chi connectivity index (χ2n) is 9.21. The monoisotopic (exact) mass is 357 g/mol. The number of phenols is 1. The zero-order chi connectivity index (χ0) is 18.1. The minimum absolute atomic E-state index is 0.325. The molecule has 0 unspecified atom stereocenters. The Morgan fingerprint density at radius 1 is 1.12 bits per heavy atom. The maximum Gasteiger partial charge on any atom is 0.115 e. The van der Waals surface area contributed by atoms with Gasteiger partial charge in [0.25, 0.3) is 0 Å². The number of phenolic OH excluding ortho intramolecular Hbond substituents is 1. The van der Waals surface area contributed by atoms with E-state index in [1.807, 2.05) is 12.1 Å². The lowest BCUT2D eigenvalue weighted by molar-refractivity contribution is 0.0412. The Morgan fingerprint density at radius 3 is 2.85 bits per heavy atom. The molecule has 3 heteroatoms. The van der Waals surface area contributed by atoms with Crippen molar-refractivity contribution in [3.63, 3.8) is 0 Å². The maximum absolute atomic E-state index is 9.82. The van der Waals surface area contributed by atoms with Gasteiger partial charge >= 0.3 is 0 Å². The van der Waals surface area contributed by atoms with Crippen LogP contribution >= 0.6 is 0 Å². The fraction of sp³-hybridized carbons (Fsp3) is 0.739. The predicted molar refractivity (Wildman–Crippen MR) is 105 cm³/mol. The van der Waals surface area contributed by atoms with E-state index in [0.717, 1.165) is 37.6 Å². The van der Waals surface area contributed by atoms with E-state index in [9.17, 15) is 5.11 Å². The van der Waals surface area contributed by atoms with Crippen LogP contribution in [0.3, 0.4) is 0 Å². The molecule has 144 valence electrons. The van der Waals surface area contributed by atoms with Crippen LogP contribution in [0, 0.1) is 17.3 Å². The lowest BCUT2D eigenvalue weighted by atomic mass is 9.55. The summed E-state index contributed by atoms with van der Waals surface area (Å²) in [4.78, 5) is 0. The third kappa shape index (κ3) is 3.18. The van der Waals surface area contributed by atoms with Crippen molar-refractivity contribution in [3.8, 4) is 5.75 Å². The summed E-state index contributed by atoms with van der Waals surface area (Å²) in [5, 5.41) is 22.6. The van der Waals surface area contributed by atoms with Gasteiger partial charge in [-0.15, -0.1) is 0 Å². The Balaban J connectivity index is 1.44. The number of aryl methyl sites for hydroxylation is 1. The molecule has 5 atom stereocenters. The summed E-state index contributed by atoms with van der Waals surface area (Å²) in [6.07, 6.45) is 11.0. The molecule has 0 amide bonds. The second-order valence-corrected chi connectivity index (χ2v) is 9.21. The fourth-order valence-corrected chi connectivity index (χ4v) is 6.59. The quantitative estimate of drug-likeness (QED) is 0.663. The minimum Gasteiger partial charge on any atom is -0.508 e. The van der Waals surface area contributed by atoms with Crippen LogP contribution in [0.4, 0.5) is 0 Å². The van der Waals surface area contributed by atoms with Crippen LogP contribution in [0.2, 0.25) is 0 Å². The highest BCUT2D eigenvalue weighted by molar-refractivity contribution is 5.40. The molecule has 0 bridgehead atoms. The number of fused-ring (bicyclic) bond motifs is 5. The summed E-state index contributed by atoms with van der Waals surface area (Å²) in [7, 11) is 0. The molecular weight excluding hydrogens is 322 g/mol. The van der Waals surface area contributed by atoms with Gasteiger partial charge in [0.05, 0.1) is 0 Å². The van der Waals surface area contributed by atoms with Gasteiger partial charge in [-0.05, 0) is 111 Å². The maximum atomic E-state index is 9.82. The molecule has 2 fully saturated rings. The third-order valence-electron chi connectivity index (χ3n) is 7.94. The first-order valence-corrected chi connectivity index (χ1v) is 10.8. The van der Waals surface area contributed by atoms with Crippen molar-refractivity contribution in [2.45, 2.75) is 76.7 Å². The molecule has 3 aliphatic rings. The first-order valence-electron chi connectivity index (χ1n) is 10.8. The number of aromatic hydroxyl groups is 1. The number of unbranched alkanes of at least 4 members (excludes halogenated alkanes) is 2. The molecule has 0 saturated heterocycles. The van der Waals surface area contributed by atoms with Crippen molar-refractivity contribution in [1.82, 2.24) is 5.32 Å². The molecule has 0 aliphatic heterocycles. The summed E-state index contributed by atoms with van der Waals surface area (Å²) in [5.41, 5.74) is 3.37. The summed E-state index contributed by atoms with van der Waals surface area (Å²) in [6, 6.07) is 6.77. The normalized spacial score (nSPS) is 35.6. The molecule has 0 spiro atoms. The van der Waals surface area contributed by atoms with E-state index < -0.39 is 0 Å². The molecule has 3 N–H and O–H groups in total. The van der Waals surface area contributed by atoms with Gasteiger partial charge in [0.1, 0.15) is 5.75 Å². The lowest BCUT2D eigenvalue weighted by Gasteiger charge is -2.51. The Labute approximate surface area is 158 Å². The zero-order valence-electron chi connectivity index (χ0n) is 16.2. The van der Waals surface area contributed by atoms with Crippen molar-refractivity contribution >= 4 is 0 Å². The molecule has 2 saturated carbocycles. The number of rotatable bonds is 6. The van der Waals surface area contributed by atoms with Gasteiger partial charge < -0.3 is 15.5 Å². The first-order chi connectivity index (χ1) is 12.6. The lowest BCUT2D eigenvalue weighted by Crippen LogP contribution is -2.48. The Morgan fingerprint density at radius 2 is 2.00 bits per heavy atom. The van der Waals surface area contributed by atoms with Crippen LogP contribution in [0.5, 0.6) is 5.75 Å². The standard InChI is InChI=1S/C23H35NO2/c1-23-12-11-19-18-8-6-17(26)15-16(18)5-7-20(19)21(23)9-10-22(23)24-13-3-2-4-14-25/h6,8,15,19-22,24-26H,2-5,7,9-14H2,1H3/t19-,20-,21+,22+,23+/m1/s1. The number of nitrogens with one attached hydrogen (secondary N) is 1. The predicted octanol–water partition coefficient (Wildman–Crippen LogP) is 4.37. The highest BCUT2D eigenvalue weighted by atomic mass is 16.3. The molecule has 0 heterocycles. The summed E-state index contributed by atoms with van der Waals surface area (Å²) in [5.74, 6) is 2.81. The van der Waals surface area contributed by atoms with E-state index in [1.165, 1.54) is 49.7 Å². The van der Waals surface area contributed by atoms with Crippen LogP contribution in [0.1, 0.15) is 75.3 Å². The van der Waals surface area contributed by atoms with Crippen molar-refractivity contribution in [2.24, 2.45) is 17.3 Å². The van der Waals surface area contributed by atoms with Gasteiger partial charge in [0.2, 0.25) is 0 Å². The SMILES string of the molecule is C[C@]12CC[C@@H]3c4ccc(O)cc4CC[C@H]3[C@@H]1CC[C@@H]2NCCCCCO. The summed E-state index contributed by atoms with van der Waals surface area (Å²) >= 11 is 0. The van der Waals surface area contributed by atoms with Crippen LogP contribution in [0.25, 0.3) is 0 Å². The molecule has 3 aliphatic carbocycles. The van der Waals surface area contributed by atoms with E-state index in [0.29, 0.717) is 29.7 Å². The van der Waals surface area contributed by atoms with Gasteiger partial charge in [-0.2, -0.15) is 0 Å². The van der Waals surface area contributed by atoms with Crippen LogP contribution in [-0.4, -0.2) is 29.4 Å². The Bertz CT molecular complexity index is 631. The van der Waals surface area contributed by atoms with Crippen molar-refractivity contribution in [1.29, 1.82) is 0 Å². The molecule has 3 nitrogen and oxygen atoms in total. The topological polar surface area (TPSA) is 52.5 Å². The average molecular weight is 358 g/mol. The van der Waals surface area contributed by atoms with Gasteiger partial charge in [-0.3, -0.25) is 0 Å². The zero-order valence-corrected chi connectivity index (χ0v) is 16.2. The van der Waals surface area contributed by atoms with Crippen molar-refractivity contribution in [2.75, 3.05) is 13.2 Å². The Hall–Kier alpha value is -1.06. The van der Waals surface area contributed by atoms with Gasteiger partial charge in [-0.25, -0.2) is 0 Å². The van der Waals surface area contributed by atoms with Crippen LogP contribution in [-0.2, 0) is 6.42 Å². The van der Waals surface area contributed by atoms with Crippen LogP contribution in [0.15, 0.2) is 18.2 Å². The largest absolute Gasteiger partial charge is 0.508 e. The number of hydrogen-bond acceptors (Lipinski definition) is 3. The smallest absolute Gasteiger partial charge is 0.115 e. The van der Waals surface area contributed by atoms with Crippen molar-refractivity contribution < 1.29 is 10.2 Å². The number of aliphatic hydroxyl groups excluding tert-OH is 1. The number of benzene rings is 1. The molecule has 0 radical (unpaired) electrons. The Kier molecular flexibility index (Phi) is 5.29. The number of aliphatic hydroxyl groups is 1. The summed E-state index contributed by atoms with van der Waals surface area (Å²) in [6.45, 7) is 3.98. The first kappa shape index (κ1) is 18.3. The third-order valence-corrected chi connectivity index (χ3v) is 7.94. The summed E-state index contributed by atoms with van der Waals surface area (Å²) < 4.78 is 0. The number of hydrogen-bond donors (Lipinski definition) is 3.